The van der Waals surface area contributed by atoms with Crippen molar-refractivity contribution in [1.29, 1.82) is 0 Å². The van der Waals surface area contributed by atoms with E-state index in [1.165, 1.54) is 0 Å². The molecule has 0 unspecified atom stereocenters. The summed E-state index contributed by atoms with van der Waals surface area (Å²) in [7, 11) is 0. The molecule has 2 aromatic rings. The Balaban J connectivity index is 2.05. The minimum absolute atomic E-state index is 0.0719. The van der Waals surface area contributed by atoms with Gasteiger partial charge in [-0.2, -0.15) is 4.98 Å². The summed E-state index contributed by atoms with van der Waals surface area (Å²) in [6.45, 7) is 8.05. The second kappa shape index (κ2) is 6.02. The third-order valence-corrected chi connectivity index (χ3v) is 3.17. The molecule has 0 aliphatic carbocycles. The van der Waals surface area contributed by atoms with Gasteiger partial charge in [-0.3, -0.25) is 5.32 Å². The Morgan fingerprint density at radius 2 is 2.11 bits per heavy atom. The second-order valence-corrected chi connectivity index (χ2v) is 4.68. The summed E-state index contributed by atoms with van der Waals surface area (Å²) in [6.07, 6.45) is 1.80. The molecule has 0 saturated heterocycles. The van der Waals surface area contributed by atoms with Crippen LogP contribution >= 0.6 is 0 Å². The predicted octanol–water partition coefficient (Wildman–Crippen LogP) is 3.34. The van der Waals surface area contributed by atoms with Crippen molar-refractivity contribution in [2.45, 2.75) is 52.6 Å². The Morgan fingerprint density at radius 1 is 1.32 bits per heavy atom. The molecule has 0 fully saturated rings. The molecule has 2 atom stereocenters. The highest BCUT2D eigenvalue weighted by Gasteiger charge is 2.20. The largest absolute Gasteiger partial charge is 0.464 e. The van der Waals surface area contributed by atoms with Gasteiger partial charge in [-0.15, -0.1) is 0 Å². The third kappa shape index (κ3) is 3.23. The smallest absolute Gasteiger partial charge is 0.223 e. The Bertz CT molecular complexity index is 518. The van der Waals surface area contributed by atoms with E-state index < -0.39 is 0 Å². The molecular weight excluding hydrogens is 242 g/mol. The first-order valence-corrected chi connectivity index (χ1v) is 6.78. The molecule has 1 N–H and O–H groups in total. The van der Waals surface area contributed by atoms with Crippen LogP contribution in [0.15, 0.2) is 21.1 Å². The fourth-order valence-corrected chi connectivity index (χ4v) is 2.03. The summed E-state index contributed by atoms with van der Waals surface area (Å²) in [4.78, 5) is 4.28. The van der Waals surface area contributed by atoms with Crippen LogP contribution in [0.3, 0.4) is 0 Å². The molecule has 0 amide bonds. The molecule has 0 aliphatic heterocycles. The van der Waals surface area contributed by atoms with E-state index >= 15 is 0 Å². The lowest BCUT2D eigenvalue weighted by atomic mass is 10.1. The maximum absolute atomic E-state index is 5.75. The summed E-state index contributed by atoms with van der Waals surface area (Å²) < 4.78 is 10.8. The van der Waals surface area contributed by atoms with Crippen LogP contribution in [-0.2, 0) is 6.42 Å². The van der Waals surface area contributed by atoms with Crippen molar-refractivity contribution in [3.63, 3.8) is 0 Å². The summed E-state index contributed by atoms with van der Waals surface area (Å²) in [5.41, 5.74) is 0. The van der Waals surface area contributed by atoms with Gasteiger partial charge in [-0.05, 0) is 25.5 Å². The maximum atomic E-state index is 5.75. The molecule has 0 aromatic carbocycles. The molecule has 0 radical (unpaired) electrons. The molecule has 2 aromatic heterocycles. The number of hydrogen-bond acceptors (Lipinski definition) is 5. The molecule has 0 saturated carbocycles. The lowest BCUT2D eigenvalue weighted by molar-refractivity contribution is 0.347. The van der Waals surface area contributed by atoms with Crippen molar-refractivity contribution in [3.8, 4) is 0 Å². The molecule has 0 bridgehead atoms. The van der Waals surface area contributed by atoms with Crippen LogP contribution in [0, 0.1) is 6.92 Å². The molecule has 0 spiro atoms. The first-order valence-electron chi connectivity index (χ1n) is 6.78. The molecule has 5 heteroatoms. The number of nitrogens with zero attached hydrogens (tertiary/aromatic N) is 2. The maximum Gasteiger partial charge on any atom is 0.223 e. The van der Waals surface area contributed by atoms with E-state index in [0.717, 1.165) is 24.4 Å². The molecule has 2 heterocycles. The van der Waals surface area contributed by atoms with Crippen molar-refractivity contribution < 1.29 is 8.94 Å². The van der Waals surface area contributed by atoms with Gasteiger partial charge in [0, 0.05) is 13.3 Å². The van der Waals surface area contributed by atoms with E-state index in [1.807, 2.05) is 12.1 Å². The number of aromatic nitrogens is 2. The standard InChI is InChI=1S/C14H21N3O2/c1-5-11-7-8-13(18-11)9(3)15-12(6-2)14-16-10(4)19-17-14/h7-9,12,15H,5-6H2,1-4H3/t9-,12-/m0/s1. The van der Waals surface area contributed by atoms with E-state index in [-0.39, 0.29) is 12.1 Å². The van der Waals surface area contributed by atoms with Crippen LogP contribution in [-0.4, -0.2) is 10.1 Å². The van der Waals surface area contributed by atoms with Crippen LogP contribution in [0.1, 0.15) is 62.5 Å². The first kappa shape index (κ1) is 13.8. The van der Waals surface area contributed by atoms with Gasteiger partial charge in [0.1, 0.15) is 11.5 Å². The third-order valence-electron chi connectivity index (χ3n) is 3.17. The predicted molar refractivity (Wildman–Crippen MR) is 71.7 cm³/mol. The monoisotopic (exact) mass is 263 g/mol. The average Bonchev–Trinajstić information content (AvgIpc) is 3.04. The number of furan rings is 1. The van der Waals surface area contributed by atoms with Crippen molar-refractivity contribution in [2.75, 3.05) is 0 Å². The molecule has 104 valence electrons. The summed E-state index contributed by atoms with van der Waals surface area (Å²) in [6, 6.07) is 4.23. The Labute approximate surface area is 113 Å². The number of nitrogens with one attached hydrogen (secondary N) is 1. The first-order chi connectivity index (χ1) is 9.13. The van der Waals surface area contributed by atoms with E-state index in [0.29, 0.717) is 11.7 Å². The van der Waals surface area contributed by atoms with Gasteiger partial charge in [0.25, 0.3) is 0 Å². The van der Waals surface area contributed by atoms with Crippen LogP contribution < -0.4 is 5.32 Å². The lowest BCUT2D eigenvalue weighted by Crippen LogP contribution is -2.24. The van der Waals surface area contributed by atoms with Crippen LogP contribution in [0.4, 0.5) is 0 Å². The van der Waals surface area contributed by atoms with Crippen molar-refractivity contribution in [3.05, 3.63) is 35.4 Å². The van der Waals surface area contributed by atoms with Gasteiger partial charge in [0.2, 0.25) is 5.89 Å². The molecule has 0 aliphatic rings. The minimum atomic E-state index is 0.0719. The van der Waals surface area contributed by atoms with Gasteiger partial charge in [0.05, 0.1) is 12.1 Å². The molecule has 5 nitrogen and oxygen atoms in total. The number of aryl methyl sites for hydroxylation is 2. The fraction of sp³-hybridized carbons (Fsp3) is 0.571. The average molecular weight is 263 g/mol. The topological polar surface area (TPSA) is 64.1 Å². The zero-order valence-corrected chi connectivity index (χ0v) is 11.9. The highest BCUT2D eigenvalue weighted by Crippen LogP contribution is 2.22. The van der Waals surface area contributed by atoms with E-state index in [9.17, 15) is 0 Å². The van der Waals surface area contributed by atoms with Crippen LogP contribution in [0.25, 0.3) is 0 Å². The Morgan fingerprint density at radius 3 is 2.63 bits per heavy atom. The SMILES string of the molecule is CCc1ccc([C@H](C)N[C@@H](CC)c2noc(C)n2)o1. The van der Waals surface area contributed by atoms with E-state index in [2.05, 4.69) is 36.2 Å². The highest BCUT2D eigenvalue weighted by molar-refractivity contribution is 5.11. The van der Waals surface area contributed by atoms with Crippen LogP contribution in [0.2, 0.25) is 0 Å². The molecule has 2 rings (SSSR count). The van der Waals surface area contributed by atoms with Gasteiger partial charge in [-0.1, -0.05) is 19.0 Å². The zero-order chi connectivity index (χ0) is 13.8. The van der Waals surface area contributed by atoms with E-state index in [1.54, 1.807) is 6.92 Å². The summed E-state index contributed by atoms with van der Waals surface area (Å²) in [5.74, 6) is 3.24. The van der Waals surface area contributed by atoms with Gasteiger partial charge >= 0.3 is 0 Å². The summed E-state index contributed by atoms with van der Waals surface area (Å²) in [5, 5.41) is 7.45. The number of rotatable bonds is 6. The number of hydrogen-bond donors (Lipinski definition) is 1. The van der Waals surface area contributed by atoms with Gasteiger partial charge < -0.3 is 8.94 Å². The quantitative estimate of drug-likeness (QED) is 0.866. The van der Waals surface area contributed by atoms with Crippen molar-refractivity contribution >= 4 is 0 Å². The lowest BCUT2D eigenvalue weighted by Gasteiger charge is -2.18. The molecular formula is C14H21N3O2. The van der Waals surface area contributed by atoms with E-state index in [4.69, 9.17) is 8.94 Å². The van der Waals surface area contributed by atoms with Crippen molar-refractivity contribution in [1.82, 2.24) is 15.5 Å². The normalized spacial score (nSPS) is 14.5. The fourth-order valence-electron chi connectivity index (χ4n) is 2.03. The molecule has 19 heavy (non-hydrogen) atoms. The van der Waals surface area contributed by atoms with Crippen LogP contribution in [0.5, 0.6) is 0 Å². The van der Waals surface area contributed by atoms with Gasteiger partial charge in [-0.25, -0.2) is 0 Å². The Kier molecular flexibility index (Phi) is 4.37. The van der Waals surface area contributed by atoms with Crippen molar-refractivity contribution in [2.24, 2.45) is 0 Å². The minimum Gasteiger partial charge on any atom is -0.464 e. The van der Waals surface area contributed by atoms with Gasteiger partial charge in [0.15, 0.2) is 5.82 Å². The zero-order valence-electron chi connectivity index (χ0n) is 11.9. The Hall–Kier alpha value is -1.62. The summed E-state index contributed by atoms with van der Waals surface area (Å²) >= 11 is 0. The second-order valence-electron chi connectivity index (χ2n) is 4.68. The highest BCUT2D eigenvalue weighted by atomic mass is 16.5.